The minimum absolute atomic E-state index is 0.0347. The number of amides is 1. The third kappa shape index (κ3) is 3.81. The number of carbonyl (C=O) groups excluding carboxylic acids is 1. The van der Waals surface area contributed by atoms with Gasteiger partial charge in [0.2, 0.25) is 0 Å². The molecular weight excluding hydrogens is 364 g/mol. The zero-order chi connectivity index (χ0) is 16.8. The van der Waals surface area contributed by atoms with Crippen molar-refractivity contribution in [1.29, 1.82) is 0 Å². The van der Waals surface area contributed by atoms with Crippen LogP contribution in [0.5, 0.6) is 17.2 Å². The van der Waals surface area contributed by atoms with E-state index in [4.69, 9.17) is 9.47 Å². The van der Waals surface area contributed by atoms with E-state index in [2.05, 4.69) is 26.5 Å². The number of phenols is 1. The number of nitrogens with zero attached hydrogens (tertiary/aromatic N) is 1. The van der Waals surface area contributed by atoms with Crippen molar-refractivity contribution in [3.63, 3.8) is 0 Å². The summed E-state index contributed by atoms with van der Waals surface area (Å²) in [5.41, 5.74) is 3.38. The highest BCUT2D eigenvalue weighted by Gasteiger charge is 2.11. The van der Waals surface area contributed by atoms with Gasteiger partial charge in [0.25, 0.3) is 5.91 Å². The molecule has 0 aliphatic heterocycles. The first-order valence-electron chi connectivity index (χ1n) is 6.60. The van der Waals surface area contributed by atoms with Crippen molar-refractivity contribution < 1.29 is 19.4 Å². The molecule has 6 nitrogen and oxygen atoms in total. The van der Waals surface area contributed by atoms with E-state index in [1.165, 1.54) is 20.4 Å². The van der Waals surface area contributed by atoms with Gasteiger partial charge in [-0.3, -0.25) is 4.79 Å². The number of aromatic hydroxyl groups is 1. The molecular formula is C16H15BrN2O4. The molecule has 0 fully saturated rings. The maximum atomic E-state index is 12.1. The van der Waals surface area contributed by atoms with Gasteiger partial charge in [-0.2, -0.15) is 5.10 Å². The lowest BCUT2D eigenvalue weighted by molar-refractivity contribution is 0.0952. The predicted octanol–water partition coefficient (Wildman–Crippen LogP) is 2.94. The van der Waals surface area contributed by atoms with Crippen molar-refractivity contribution >= 4 is 28.1 Å². The van der Waals surface area contributed by atoms with Crippen molar-refractivity contribution in [3.05, 3.63) is 52.0 Å². The van der Waals surface area contributed by atoms with Gasteiger partial charge in [0, 0.05) is 5.56 Å². The number of hydrazone groups is 1. The first-order valence-corrected chi connectivity index (χ1v) is 7.39. The third-order valence-corrected chi connectivity index (χ3v) is 3.88. The van der Waals surface area contributed by atoms with Crippen molar-refractivity contribution in [2.45, 2.75) is 0 Å². The molecule has 2 aromatic rings. The van der Waals surface area contributed by atoms with Crippen molar-refractivity contribution in [2.24, 2.45) is 5.10 Å². The topological polar surface area (TPSA) is 80.2 Å². The lowest BCUT2D eigenvalue weighted by atomic mass is 10.2. The van der Waals surface area contributed by atoms with Crippen LogP contribution in [-0.2, 0) is 0 Å². The van der Waals surface area contributed by atoms with Crippen LogP contribution in [-0.4, -0.2) is 31.4 Å². The Morgan fingerprint density at radius 1 is 1.17 bits per heavy atom. The second-order valence-electron chi connectivity index (χ2n) is 4.42. The number of nitrogens with one attached hydrogen (secondary N) is 1. The molecule has 120 valence electrons. The van der Waals surface area contributed by atoms with Gasteiger partial charge in [0.15, 0.2) is 11.5 Å². The fourth-order valence-corrected chi connectivity index (χ4v) is 2.31. The van der Waals surface area contributed by atoms with Crippen LogP contribution in [0.15, 0.2) is 46.0 Å². The Kier molecular flexibility index (Phi) is 5.59. The number of hydrogen-bond donors (Lipinski definition) is 2. The fraction of sp³-hybridized carbons (Fsp3) is 0.125. The summed E-state index contributed by atoms with van der Waals surface area (Å²) < 4.78 is 10.5. The maximum Gasteiger partial charge on any atom is 0.275 e. The Labute approximate surface area is 141 Å². The predicted molar refractivity (Wildman–Crippen MR) is 90.4 cm³/mol. The largest absolute Gasteiger partial charge is 0.503 e. The number of para-hydroxylation sites is 1. The average Bonchev–Trinajstić information content (AvgIpc) is 2.58. The van der Waals surface area contributed by atoms with Gasteiger partial charge in [-0.05, 0) is 40.2 Å². The highest BCUT2D eigenvalue weighted by Crippen LogP contribution is 2.35. The lowest BCUT2D eigenvalue weighted by Crippen LogP contribution is -2.18. The molecule has 1 amide bonds. The summed E-state index contributed by atoms with van der Waals surface area (Å²) in [5, 5.41) is 13.8. The number of rotatable bonds is 5. The minimum Gasteiger partial charge on any atom is -0.503 e. The molecule has 0 aliphatic rings. The van der Waals surface area contributed by atoms with Crippen LogP contribution in [0.3, 0.4) is 0 Å². The highest BCUT2D eigenvalue weighted by molar-refractivity contribution is 9.10. The number of halogens is 1. The van der Waals surface area contributed by atoms with E-state index in [1.54, 1.807) is 36.4 Å². The summed E-state index contributed by atoms with van der Waals surface area (Å²) in [4.78, 5) is 12.1. The smallest absolute Gasteiger partial charge is 0.275 e. The number of carbonyl (C=O) groups is 1. The molecule has 0 aliphatic carbocycles. The van der Waals surface area contributed by atoms with Crippen LogP contribution < -0.4 is 14.9 Å². The van der Waals surface area contributed by atoms with Crippen LogP contribution >= 0.6 is 15.9 Å². The van der Waals surface area contributed by atoms with E-state index >= 15 is 0 Å². The van der Waals surface area contributed by atoms with Crippen LogP contribution in [0.25, 0.3) is 0 Å². The molecule has 2 rings (SSSR count). The molecule has 2 aromatic carbocycles. The van der Waals surface area contributed by atoms with E-state index in [1.807, 2.05) is 0 Å². The normalized spacial score (nSPS) is 10.6. The Morgan fingerprint density at radius 3 is 2.57 bits per heavy atom. The zero-order valence-electron chi connectivity index (χ0n) is 12.5. The Morgan fingerprint density at radius 2 is 1.87 bits per heavy atom. The lowest BCUT2D eigenvalue weighted by Gasteiger charge is -2.07. The second kappa shape index (κ2) is 7.64. The molecule has 7 heteroatoms. The van der Waals surface area contributed by atoms with Gasteiger partial charge in [0.05, 0.1) is 30.5 Å². The van der Waals surface area contributed by atoms with Crippen LogP contribution in [0.2, 0.25) is 0 Å². The summed E-state index contributed by atoms with van der Waals surface area (Å²) in [6.45, 7) is 0. The standard InChI is InChI=1S/C16H15BrN2O4/c1-22-12-6-4-3-5-11(12)16(21)19-18-9-10-7-8-13(23-2)15(20)14(10)17/h3-9,20H,1-2H3,(H,19,21)/b18-9+. The van der Waals surface area contributed by atoms with Gasteiger partial charge < -0.3 is 14.6 Å². The molecule has 0 bridgehead atoms. The van der Waals surface area contributed by atoms with E-state index < -0.39 is 5.91 Å². The number of methoxy groups -OCH3 is 2. The fourth-order valence-electron chi connectivity index (χ4n) is 1.88. The number of ether oxygens (including phenoxy) is 2. The van der Waals surface area contributed by atoms with E-state index in [-0.39, 0.29) is 5.75 Å². The Hall–Kier alpha value is -2.54. The summed E-state index contributed by atoms with van der Waals surface area (Å²) >= 11 is 3.25. The zero-order valence-corrected chi connectivity index (χ0v) is 14.1. The van der Waals surface area contributed by atoms with Crippen molar-refractivity contribution in [1.82, 2.24) is 5.43 Å². The maximum absolute atomic E-state index is 12.1. The number of hydrogen-bond acceptors (Lipinski definition) is 5. The van der Waals surface area contributed by atoms with Gasteiger partial charge in [-0.15, -0.1) is 0 Å². The molecule has 0 heterocycles. The van der Waals surface area contributed by atoms with Gasteiger partial charge >= 0.3 is 0 Å². The van der Waals surface area contributed by atoms with Gasteiger partial charge in [-0.1, -0.05) is 12.1 Å². The van der Waals surface area contributed by atoms with E-state index in [0.717, 1.165) is 0 Å². The molecule has 2 N–H and O–H groups in total. The van der Waals surface area contributed by atoms with E-state index in [9.17, 15) is 9.90 Å². The van der Waals surface area contributed by atoms with Crippen molar-refractivity contribution in [3.8, 4) is 17.2 Å². The minimum atomic E-state index is -0.396. The summed E-state index contributed by atoms with van der Waals surface area (Å²) in [6, 6.07) is 10.1. The van der Waals surface area contributed by atoms with Gasteiger partial charge in [-0.25, -0.2) is 5.43 Å². The SMILES string of the molecule is COc1ccccc1C(=O)N/N=C/c1ccc(OC)c(O)c1Br. The van der Waals surface area contributed by atoms with Crippen molar-refractivity contribution in [2.75, 3.05) is 14.2 Å². The number of phenolic OH excluding ortho intramolecular Hbond substituents is 1. The molecule has 0 radical (unpaired) electrons. The molecule has 0 atom stereocenters. The van der Waals surface area contributed by atoms with Crippen LogP contribution in [0.1, 0.15) is 15.9 Å². The third-order valence-electron chi connectivity index (χ3n) is 3.05. The molecule has 0 spiro atoms. The second-order valence-corrected chi connectivity index (χ2v) is 5.21. The first kappa shape index (κ1) is 16.8. The molecule has 23 heavy (non-hydrogen) atoms. The monoisotopic (exact) mass is 378 g/mol. The summed E-state index contributed by atoms with van der Waals surface area (Å²) in [6.07, 6.45) is 1.41. The number of benzene rings is 2. The molecule has 0 saturated heterocycles. The Balaban J connectivity index is 2.13. The molecule has 0 saturated carbocycles. The van der Waals surface area contributed by atoms with E-state index in [0.29, 0.717) is 27.1 Å². The van der Waals surface area contributed by atoms with Gasteiger partial charge in [0.1, 0.15) is 5.75 Å². The first-order chi connectivity index (χ1) is 11.1. The van der Waals surface area contributed by atoms with Crippen LogP contribution in [0.4, 0.5) is 0 Å². The highest BCUT2D eigenvalue weighted by atomic mass is 79.9. The molecule has 0 aromatic heterocycles. The summed E-state index contributed by atoms with van der Waals surface area (Å²) in [5.74, 6) is 0.371. The molecule has 0 unspecified atom stereocenters. The average molecular weight is 379 g/mol. The summed E-state index contributed by atoms with van der Waals surface area (Å²) in [7, 11) is 2.95. The Bertz CT molecular complexity index is 747. The van der Waals surface area contributed by atoms with Crippen LogP contribution in [0, 0.1) is 0 Å². The quantitative estimate of drug-likeness (QED) is 0.619.